The van der Waals surface area contributed by atoms with Crippen LogP contribution in [0.25, 0.3) is 0 Å². The van der Waals surface area contributed by atoms with Gasteiger partial charge in [-0.15, -0.1) is 6.58 Å². The van der Waals surface area contributed by atoms with Crippen LogP contribution in [0.2, 0.25) is 5.28 Å². The van der Waals surface area contributed by atoms with Crippen molar-refractivity contribution in [1.29, 1.82) is 0 Å². The second kappa shape index (κ2) is 7.73. The molecule has 0 N–H and O–H groups in total. The molecule has 3 rings (SSSR count). The lowest BCUT2D eigenvalue weighted by molar-refractivity contribution is -0.139. The van der Waals surface area contributed by atoms with E-state index >= 15 is 0 Å². The molecule has 27 heavy (non-hydrogen) atoms. The van der Waals surface area contributed by atoms with Crippen molar-refractivity contribution < 1.29 is 22.1 Å². The van der Waals surface area contributed by atoms with Gasteiger partial charge in [-0.25, -0.2) is 9.97 Å². The number of ether oxygens (including phenoxy) is 1. The Labute approximate surface area is 163 Å². The first kappa shape index (κ1) is 20.0. The lowest BCUT2D eigenvalue weighted by Crippen LogP contribution is -2.37. The molecule has 1 aliphatic heterocycles. The lowest BCUT2D eigenvalue weighted by atomic mass is 9.87. The van der Waals surface area contributed by atoms with Crippen LogP contribution < -0.4 is 4.90 Å². The topological polar surface area (TPSA) is 98.7 Å². The fraction of sp³-hybridized carbons (Fsp3) is 0.588. The van der Waals surface area contributed by atoms with Gasteiger partial charge in [0, 0.05) is 24.6 Å². The minimum Gasteiger partial charge on any atom is -0.378 e. The van der Waals surface area contributed by atoms with E-state index in [1.807, 2.05) is 11.0 Å². The van der Waals surface area contributed by atoms with E-state index in [1.165, 1.54) is 6.08 Å². The molecule has 2 fully saturated rings. The van der Waals surface area contributed by atoms with Crippen molar-refractivity contribution in [3.05, 3.63) is 29.7 Å². The number of rotatable bonds is 7. The zero-order valence-corrected chi connectivity index (χ0v) is 16.6. The van der Waals surface area contributed by atoms with Crippen molar-refractivity contribution in [3.8, 4) is 0 Å². The summed E-state index contributed by atoms with van der Waals surface area (Å²) in [6.07, 6.45) is 2.57. The maximum Gasteiger partial charge on any atom is 0.325 e. The van der Waals surface area contributed by atoms with Gasteiger partial charge in [-0.05, 0) is 24.4 Å². The van der Waals surface area contributed by atoms with Crippen molar-refractivity contribution >= 4 is 33.5 Å². The Morgan fingerprint density at radius 2 is 2.11 bits per heavy atom. The number of halogens is 1. The molecule has 1 aromatic rings. The number of hydrogen-bond donors (Lipinski definition) is 0. The molecule has 1 aliphatic carbocycles. The van der Waals surface area contributed by atoms with E-state index in [9.17, 15) is 13.2 Å². The van der Waals surface area contributed by atoms with Crippen molar-refractivity contribution in [1.82, 2.24) is 9.97 Å². The predicted molar refractivity (Wildman–Crippen MR) is 100 cm³/mol. The van der Waals surface area contributed by atoms with Crippen molar-refractivity contribution in [2.45, 2.75) is 25.2 Å². The zero-order chi connectivity index (χ0) is 19.7. The van der Waals surface area contributed by atoms with E-state index in [1.54, 1.807) is 6.92 Å². The minimum absolute atomic E-state index is 0.0973. The molecule has 8 nitrogen and oxygen atoms in total. The molecule has 0 spiro atoms. The van der Waals surface area contributed by atoms with E-state index in [2.05, 4.69) is 16.5 Å². The van der Waals surface area contributed by atoms with Gasteiger partial charge in [0.2, 0.25) is 5.28 Å². The van der Waals surface area contributed by atoms with Crippen LogP contribution in [0.4, 0.5) is 5.82 Å². The normalized spacial score (nSPS) is 20.0. The molecule has 0 aromatic carbocycles. The third-order valence-electron chi connectivity index (χ3n) is 5.03. The number of morpholine rings is 1. The molecule has 0 bridgehead atoms. The van der Waals surface area contributed by atoms with Gasteiger partial charge in [0.05, 0.1) is 24.8 Å². The lowest BCUT2D eigenvalue weighted by Gasteiger charge is -2.29. The highest BCUT2D eigenvalue weighted by atomic mass is 35.5. The molecule has 0 amide bonds. The van der Waals surface area contributed by atoms with Gasteiger partial charge >= 0.3 is 16.1 Å². The van der Waals surface area contributed by atoms with Gasteiger partial charge in [-0.3, -0.25) is 4.79 Å². The van der Waals surface area contributed by atoms with Crippen LogP contribution >= 0.6 is 11.6 Å². The highest BCUT2D eigenvalue weighted by Gasteiger charge is 2.54. The zero-order valence-electron chi connectivity index (χ0n) is 15.1. The van der Waals surface area contributed by atoms with Crippen molar-refractivity contribution in [3.63, 3.8) is 0 Å². The van der Waals surface area contributed by atoms with Crippen LogP contribution in [-0.4, -0.2) is 56.4 Å². The molecule has 1 atom stereocenters. The molecule has 0 radical (unpaired) electrons. The maximum absolute atomic E-state index is 12.4. The Bertz CT molecular complexity index is 835. The second-order valence-corrected chi connectivity index (χ2v) is 8.73. The molecule has 2 heterocycles. The number of hydrogen-bond acceptors (Lipinski definition) is 8. The first-order valence-corrected chi connectivity index (χ1v) is 10.7. The third-order valence-corrected chi connectivity index (χ3v) is 6.26. The molecule has 1 unspecified atom stereocenters. The fourth-order valence-electron chi connectivity index (χ4n) is 3.26. The Morgan fingerprint density at radius 1 is 1.44 bits per heavy atom. The standard InChI is InChI=1S/C17H22ClN3O5S/c1-3-10-27(23,24)26-15(22)12(2)17(4-5-17)13-11-14(20-16(18)19-13)21-6-8-25-9-7-21/h3,11-12H,1,4-10H2,2H3. The summed E-state index contributed by atoms with van der Waals surface area (Å²) in [5.41, 5.74) is 0.0450. The summed E-state index contributed by atoms with van der Waals surface area (Å²) < 4.78 is 33.6. The van der Waals surface area contributed by atoms with Gasteiger partial charge in [0.25, 0.3) is 0 Å². The first-order chi connectivity index (χ1) is 12.8. The maximum atomic E-state index is 12.4. The van der Waals surface area contributed by atoms with Crippen LogP contribution in [0.15, 0.2) is 18.7 Å². The van der Waals surface area contributed by atoms with Gasteiger partial charge in [-0.2, -0.15) is 8.42 Å². The second-order valence-electron chi connectivity index (χ2n) is 6.77. The van der Waals surface area contributed by atoms with Gasteiger partial charge in [0.15, 0.2) is 0 Å². The van der Waals surface area contributed by atoms with E-state index < -0.39 is 33.2 Å². The summed E-state index contributed by atoms with van der Waals surface area (Å²) in [7, 11) is -3.97. The van der Waals surface area contributed by atoms with E-state index in [0.29, 0.717) is 50.7 Å². The van der Waals surface area contributed by atoms with E-state index in [0.717, 1.165) is 0 Å². The average Bonchev–Trinajstić information content (AvgIpc) is 3.42. The van der Waals surface area contributed by atoms with E-state index in [-0.39, 0.29) is 5.28 Å². The molecular weight excluding hydrogens is 394 g/mol. The molecule has 2 aliphatic rings. The Balaban J connectivity index is 1.83. The smallest absolute Gasteiger partial charge is 0.325 e. The van der Waals surface area contributed by atoms with Crippen LogP contribution in [-0.2, 0) is 29.2 Å². The summed E-state index contributed by atoms with van der Waals surface area (Å²) in [6.45, 7) is 7.60. The Kier molecular flexibility index (Phi) is 5.73. The highest BCUT2D eigenvalue weighted by Crippen LogP contribution is 2.54. The monoisotopic (exact) mass is 415 g/mol. The van der Waals surface area contributed by atoms with Crippen LogP contribution in [0.5, 0.6) is 0 Å². The highest BCUT2D eigenvalue weighted by molar-refractivity contribution is 7.87. The SMILES string of the molecule is C=CCS(=O)(=O)OC(=O)C(C)C1(c2cc(N3CCOCC3)nc(Cl)n2)CC1. The predicted octanol–water partition coefficient (Wildman–Crippen LogP) is 1.69. The molecule has 1 aromatic heterocycles. The third kappa shape index (κ3) is 4.41. The first-order valence-electron chi connectivity index (χ1n) is 8.72. The number of aromatic nitrogens is 2. The summed E-state index contributed by atoms with van der Waals surface area (Å²) in [5, 5.41) is 0.0973. The fourth-order valence-corrected chi connectivity index (χ4v) is 4.19. The number of anilines is 1. The molecule has 148 valence electrons. The van der Waals surface area contributed by atoms with Gasteiger partial charge in [-0.1, -0.05) is 13.0 Å². The van der Waals surface area contributed by atoms with Crippen molar-refractivity contribution in [2.75, 3.05) is 37.0 Å². The molecule has 1 saturated carbocycles. The summed E-state index contributed by atoms with van der Waals surface area (Å²) in [6, 6.07) is 1.83. The van der Waals surface area contributed by atoms with Crippen LogP contribution in [0.3, 0.4) is 0 Å². The molecular formula is C17H22ClN3O5S. The Morgan fingerprint density at radius 3 is 2.70 bits per heavy atom. The number of carbonyl (C=O) groups excluding carboxylic acids is 1. The number of carbonyl (C=O) groups is 1. The summed E-state index contributed by atoms with van der Waals surface area (Å²) >= 11 is 6.13. The molecule has 10 heteroatoms. The van der Waals surface area contributed by atoms with E-state index in [4.69, 9.17) is 20.5 Å². The van der Waals surface area contributed by atoms with Gasteiger partial charge < -0.3 is 13.8 Å². The molecule has 1 saturated heterocycles. The summed E-state index contributed by atoms with van der Waals surface area (Å²) in [4.78, 5) is 23.1. The van der Waals surface area contributed by atoms with Crippen LogP contribution in [0.1, 0.15) is 25.5 Å². The Hall–Kier alpha value is -1.71. The number of nitrogens with zero attached hydrogens (tertiary/aromatic N) is 3. The summed E-state index contributed by atoms with van der Waals surface area (Å²) in [5.74, 6) is -1.21. The van der Waals surface area contributed by atoms with Gasteiger partial charge in [0.1, 0.15) is 11.6 Å². The van der Waals surface area contributed by atoms with Crippen molar-refractivity contribution in [2.24, 2.45) is 5.92 Å². The van der Waals surface area contributed by atoms with Crippen LogP contribution in [0, 0.1) is 5.92 Å². The minimum atomic E-state index is -3.97. The average molecular weight is 416 g/mol. The quantitative estimate of drug-likeness (QED) is 0.377. The largest absolute Gasteiger partial charge is 0.378 e.